The Bertz CT molecular complexity index is 709. The van der Waals surface area contributed by atoms with E-state index in [1.807, 2.05) is 0 Å². The Morgan fingerprint density at radius 2 is 1.57 bits per heavy atom. The lowest BCUT2D eigenvalue weighted by Gasteiger charge is -2.14. The average Bonchev–Trinajstić information content (AvgIpc) is 2.52. The average molecular weight is 319 g/mol. The molecule has 6 heteroatoms. The lowest BCUT2D eigenvalue weighted by molar-refractivity contribution is 0.0910. The molecule has 0 saturated heterocycles. The van der Waals surface area contributed by atoms with Crippen molar-refractivity contribution in [3.05, 3.63) is 70.8 Å². The van der Waals surface area contributed by atoms with Crippen LogP contribution in [0.1, 0.15) is 39.3 Å². The van der Waals surface area contributed by atoms with Gasteiger partial charge in [0, 0.05) is 17.7 Å². The fourth-order valence-corrected chi connectivity index (χ4v) is 2.08. The second-order valence-corrected chi connectivity index (χ2v) is 4.99. The number of amides is 1. The first-order chi connectivity index (χ1) is 10.9. The minimum absolute atomic E-state index is 0.123. The summed E-state index contributed by atoms with van der Waals surface area (Å²) in [6.07, 6.45) is -1.50. The number of carbonyl (C=O) groups is 2. The van der Waals surface area contributed by atoms with E-state index in [4.69, 9.17) is 0 Å². The molecule has 1 amide bonds. The number of halogens is 2. The van der Waals surface area contributed by atoms with Gasteiger partial charge >= 0.3 is 0 Å². The first-order valence-corrected chi connectivity index (χ1v) is 6.91. The molecule has 0 bridgehead atoms. The Labute approximate surface area is 131 Å². The molecule has 2 rings (SSSR count). The molecule has 0 spiro atoms. The molecule has 0 fully saturated rings. The molecule has 0 heterocycles. The van der Waals surface area contributed by atoms with E-state index in [0.29, 0.717) is 5.56 Å². The Morgan fingerprint density at radius 1 is 1.04 bits per heavy atom. The van der Waals surface area contributed by atoms with Crippen LogP contribution in [0.2, 0.25) is 0 Å². The molecule has 120 valence electrons. The van der Waals surface area contributed by atoms with Gasteiger partial charge in [-0.3, -0.25) is 9.59 Å². The number of ketones is 1. The summed E-state index contributed by atoms with van der Waals surface area (Å²) in [4.78, 5) is 23.1. The highest BCUT2D eigenvalue weighted by Gasteiger charge is 2.18. The largest absolute Gasteiger partial charge is 0.386 e. The minimum Gasteiger partial charge on any atom is -0.386 e. The standard InChI is InChI=1S/C17H15F2NO3/c1-10(21)11-5-7-12(8-6-11)17(23)20-9-15(22)16-13(18)3-2-4-14(16)19/h2-8,15,22H,9H2,1H3,(H,20,23). The molecule has 2 aromatic carbocycles. The number of carbonyl (C=O) groups excluding carboxylic acids is 2. The summed E-state index contributed by atoms with van der Waals surface area (Å²) in [7, 11) is 0. The molecule has 2 N–H and O–H groups in total. The number of hydrogen-bond donors (Lipinski definition) is 2. The second kappa shape index (κ2) is 7.11. The Morgan fingerprint density at radius 3 is 2.09 bits per heavy atom. The molecule has 4 nitrogen and oxygen atoms in total. The highest BCUT2D eigenvalue weighted by Crippen LogP contribution is 2.20. The van der Waals surface area contributed by atoms with Gasteiger partial charge in [-0.15, -0.1) is 0 Å². The number of nitrogens with one attached hydrogen (secondary N) is 1. The Hall–Kier alpha value is -2.60. The van der Waals surface area contributed by atoms with Gasteiger partial charge in [-0.2, -0.15) is 0 Å². The first kappa shape index (κ1) is 16.8. The van der Waals surface area contributed by atoms with Crippen LogP contribution in [0.5, 0.6) is 0 Å². The molecule has 0 aliphatic rings. The van der Waals surface area contributed by atoms with Gasteiger partial charge in [0.25, 0.3) is 5.91 Å². The van der Waals surface area contributed by atoms with Crippen molar-refractivity contribution in [2.75, 3.05) is 6.54 Å². The summed E-state index contributed by atoms with van der Waals surface area (Å²) in [5.74, 6) is -2.39. The van der Waals surface area contributed by atoms with Crippen LogP contribution in [0, 0.1) is 11.6 Å². The maximum atomic E-state index is 13.5. The van der Waals surface area contributed by atoms with Gasteiger partial charge in [0.2, 0.25) is 0 Å². The molecule has 0 saturated carbocycles. The number of aliphatic hydroxyl groups is 1. The van der Waals surface area contributed by atoms with Crippen LogP contribution >= 0.6 is 0 Å². The minimum atomic E-state index is -1.50. The second-order valence-electron chi connectivity index (χ2n) is 4.99. The van der Waals surface area contributed by atoms with Gasteiger partial charge in [-0.25, -0.2) is 8.78 Å². The fraction of sp³-hybridized carbons (Fsp3) is 0.176. The monoisotopic (exact) mass is 319 g/mol. The van der Waals surface area contributed by atoms with Crippen LogP contribution in [-0.2, 0) is 0 Å². The highest BCUT2D eigenvalue weighted by molar-refractivity contribution is 5.97. The van der Waals surface area contributed by atoms with Crippen molar-refractivity contribution in [3.8, 4) is 0 Å². The van der Waals surface area contributed by atoms with E-state index in [0.717, 1.165) is 12.1 Å². The molecule has 1 atom stereocenters. The van der Waals surface area contributed by atoms with Gasteiger partial charge in [0.05, 0.1) is 5.56 Å². The third kappa shape index (κ3) is 3.98. The van der Waals surface area contributed by atoms with E-state index >= 15 is 0 Å². The predicted octanol–water partition coefficient (Wildman–Crippen LogP) is 2.63. The summed E-state index contributed by atoms with van der Waals surface area (Å²) < 4.78 is 27.0. The quantitative estimate of drug-likeness (QED) is 0.833. The summed E-state index contributed by atoms with van der Waals surface area (Å²) in [6.45, 7) is 1.07. The summed E-state index contributed by atoms with van der Waals surface area (Å²) in [5.41, 5.74) is 0.256. The van der Waals surface area contributed by atoms with Crippen molar-refractivity contribution in [2.45, 2.75) is 13.0 Å². The number of rotatable bonds is 5. The lowest BCUT2D eigenvalue weighted by Crippen LogP contribution is -2.29. The highest BCUT2D eigenvalue weighted by atomic mass is 19.1. The van der Waals surface area contributed by atoms with Crippen LogP contribution in [-0.4, -0.2) is 23.3 Å². The van der Waals surface area contributed by atoms with Gasteiger partial charge < -0.3 is 10.4 Å². The van der Waals surface area contributed by atoms with E-state index < -0.39 is 29.2 Å². The van der Waals surface area contributed by atoms with E-state index in [2.05, 4.69) is 5.32 Å². The summed E-state index contributed by atoms with van der Waals surface area (Å²) >= 11 is 0. The van der Waals surface area contributed by atoms with E-state index in [1.165, 1.54) is 37.3 Å². The predicted molar refractivity (Wildman–Crippen MR) is 80.1 cm³/mol. The first-order valence-electron chi connectivity index (χ1n) is 6.91. The van der Waals surface area contributed by atoms with Crippen LogP contribution in [0.25, 0.3) is 0 Å². The molecule has 0 aliphatic heterocycles. The maximum Gasteiger partial charge on any atom is 0.251 e. The molecule has 0 radical (unpaired) electrons. The zero-order valence-electron chi connectivity index (χ0n) is 12.3. The normalized spacial score (nSPS) is 11.8. The van der Waals surface area contributed by atoms with E-state index in [9.17, 15) is 23.5 Å². The Kier molecular flexibility index (Phi) is 5.18. The molecular weight excluding hydrogens is 304 g/mol. The number of benzene rings is 2. The molecule has 2 aromatic rings. The van der Waals surface area contributed by atoms with Crippen molar-refractivity contribution >= 4 is 11.7 Å². The van der Waals surface area contributed by atoms with Gasteiger partial charge in [-0.1, -0.05) is 18.2 Å². The molecule has 0 aliphatic carbocycles. The third-order valence-electron chi connectivity index (χ3n) is 3.34. The number of aliphatic hydroxyl groups excluding tert-OH is 1. The summed E-state index contributed by atoms with van der Waals surface area (Å²) in [6, 6.07) is 9.18. The summed E-state index contributed by atoms with van der Waals surface area (Å²) in [5, 5.41) is 12.2. The van der Waals surface area contributed by atoms with Gasteiger partial charge in [0.15, 0.2) is 5.78 Å². The van der Waals surface area contributed by atoms with Crippen LogP contribution in [0.3, 0.4) is 0 Å². The van der Waals surface area contributed by atoms with Gasteiger partial charge in [-0.05, 0) is 31.2 Å². The number of hydrogen-bond acceptors (Lipinski definition) is 3. The Balaban J connectivity index is 2.02. The van der Waals surface area contributed by atoms with Gasteiger partial charge in [0.1, 0.15) is 17.7 Å². The number of Topliss-reactive ketones (excluding diaryl/α,β-unsaturated/α-hetero) is 1. The maximum absolute atomic E-state index is 13.5. The third-order valence-corrected chi connectivity index (χ3v) is 3.34. The van der Waals surface area contributed by atoms with Crippen molar-refractivity contribution in [1.82, 2.24) is 5.32 Å². The van der Waals surface area contributed by atoms with Crippen molar-refractivity contribution < 1.29 is 23.5 Å². The van der Waals surface area contributed by atoms with E-state index in [1.54, 1.807) is 0 Å². The lowest BCUT2D eigenvalue weighted by atomic mass is 10.1. The molecular formula is C17H15F2NO3. The van der Waals surface area contributed by atoms with Crippen LogP contribution in [0.4, 0.5) is 8.78 Å². The van der Waals surface area contributed by atoms with Crippen LogP contribution < -0.4 is 5.32 Å². The van der Waals surface area contributed by atoms with Crippen LogP contribution in [0.15, 0.2) is 42.5 Å². The zero-order chi connectivity index (χ0) is 17.0. The molecule has 1 unspecified atom stereocenters. The van der Waals surface area contributed by atoms with Crippen molar-refractivity contribution in [2.24, 2.45) is 0 Å². The topological polar surface area (TPSA) is 66.4 Å². The SMILES string of the molecule is CC(=O)c1ccc(C(=O)NCC(O)c2c(F)cccc2F)cc1. The fourth-order valence-electron chi connectivity index (χ4n) is 2.08. The zero-order valence-corrected chi connectivity index (χ0v) is 12.3. The van der Waals surface area contributed by atoms with E-state index in [-0.39, 0.29) is 17.9 Å². The molecule has 0 aromatic heterocycles. The van der Waals surface area contributed by atoms with Crippen molar-refractivity contribution in [3.63, 3.8) is 0 Å². The smallest absolute Gasteiger partial charge is 0.251 e. The van der Waals surface area contributed by atoms with Crippen molar-refractivity contribution in [1.29, 1.82) is 0 Å². The molecule has 23 heavy (non-hydrogen) atoms.